The lowest BCUT2D eigenvalue weighted by atomic mass is 10.00. The number of aromatic carboxylic acids is 1. The molecular weight excluding hydrogens is 273 g/mol. The van der Waals surface area contributed by atoms with E-state index >= 15 is 0 Å². The molecule has 108 valence electrons. The fraction of sp³-hybridized carbons (Fsp3) is 0.250. The lowest BCUT2D eigenvalue weighted by molar-refractivity contribution is 0.0694. The summed E-state index contributed by atoms with van der Waals surface area (Å²) in [5.41, 5.74) is 1.27. The molecule has 1 fully saturated rings. The molecule has 0 spiro atoms. The van der Waals surface area contributed by atoms with Gasteiger partial charge in [0.15, 0.2) is 0 Å². The predicted molar refractivity (Wildman–Crippen MR) is 77.4 cm³/mol. The van der Waals surface area contributed by atoms with Crippen molar-refractivity contribution >= 4 is 17.6 Å². The molecule has 4 nitrogen and oxygen atoms in total. The summed E-state index contributed by atoms with van der Waals surface area (Å²) in [6, 6.07) is 1.43. The first-order chi connectivity index (χ1) is 9.95. The van der Waals surface area contributed by atoms with Gasteiger partial charge in [-0.05, 0) is 42.9 Å². The molecular formula is C16H14FNO3. The summed E-state index contributed by atoms with van der Waals surface area (Å²) >= 11 is 0. The molecule has 1 aliphatic carbocycles. The van der Waals surface area contributed by atoms with Gasteiger partial charge in [-0.3, -0.25) is 9.20 Å². The number of fused-ring (bicyclic) bond motifs is 1. The van der Waals surface area contributed by atoms with Crippen molar-refractivity contribution in [3.8, 4) is 0 Å². The molecule has 0 atom stereocenters. The molecule has 0 saturated heterocycles. The van der Waals surface area contributed by atoms with E-state index in [1.807, 2.05) is 0 Å². The molecule has 21 heavy (non-hydrogen) atoms. The van der Waals surface area contributed by atoms with Crippen molar-refractivity contribution in [2.24, 2.45) is 0 Å². The van der Waals surface area contributed by atoms with Crippen molar-refractivity contribution in [2.75, 3.05) is 0 Å². The van der Waals surface area contributed by atoms with Gasteiger partial charge in [-0.15, -0.1) is 0 Å². The van der Waals surface area contributed by atoms with Crippen molar-refractivity contribution in [3.63, 3.8) is 0 Å². The summed E-state index contributed by atoms with van der Waals surface area (Å²) in [5.74, 6) is -1.62. The smallest absolute Gasteiger partial charge is 0.341 e. The van der Waals surface area contributed by atoms with E-state index in [2.05, 4.69) is 6.58 Å². The molecule has 0 aromatic carbocycles. The van der Waals surface area contributed by atoms with E-state index in [1.54, 1.807) is 6.92 Å². The number of rotatable bonds is 3. The van der Waals surface area contributed by atoms with Gasteiger partial charge in [0, 0.05) is 11.8 Å². The Hall–Kier alpha value is -2.43. The summed E-state index contributed by atoms with van der Waals surface area (Å²) in [4.78, 5) is 23.5. The number of pyridine rings is 2. The minimum Gasteiger partial charge on any atom is -0.477 e. The average Bonchev–Trinajstić information content (AvgIpc) is 3.26. The Morgan fingerprint density at radius 3 is 2.71 bits per heavy atom. The van der Waals surface area contributed by atoms with Crippen LogP contribution in [0.1, 0.15) is 45.8 Å². The highest BCUT2D eigenvalue weighted by atomic mass is 19.1. The SMILES string of the molecule is C=Cc1c(C)c(F)cn2c(=O)c(C(=O)O)cc(C3CC3)c12. The third-order valence-electron chi connectivity index (χ3n) is 3.97. The molecule has 3 rings (SSSR count). The highest BCUT2D eigenvalue weighted by Crippen LogP contribution is 2.43. The molecule has 1 aliphatic rings. The fourth-order valence-electron chi connectivity index (χ4n) is 2.69. The van der Waals surface area contributed by atoms with Crippen LogP contribution in [0.4, 0.5) is 4.39 Å². The van der Waals surface area contributed by atoms with E-state index in [9.17, 15) is 19.1 Å². The van der Waals surface area contributed by atoms with Gasteiger partial charge < -0.3 is 5.11 Å². The maximum atomic E-state index is 14.0. The van der Waals surface area contributed by atoms with Crippen molar-refractivity contribution < 1.29 is 14.3 Å². The topological polar surface area (TPSA) is 58.8 Å². The molecule has 0 radical (unpaired) electrons. The third kappa shape index (κ3) is 1.96. The second kappa shape index (κ2) is 4.55. The van der Waals surface area contributed by atoms with Gasteiger partial charge in [0.05, 0.1) is 5.52 Å². The van der Waals surface area contributed by atoms with Gasteiger partial charge >= 0.3 is 5.97 Å². The maximum Gasteiger partial charge on any atom is 0.341 e. The monoisotopic (exact) mass is 287 g/mol. The lowest BCUT2D eigenvalue weighted by Crippen LogP contribution is -2.24. The minimum absolute atomic E-state index is 0.224. The number of carboxylic acid groups (broad SMARTS) is 1. The Kier molecular flexibility index (Phi) is 2.93. The summed E-state index contributed by atoms with van der Waals surface area (Å²) in [6.07, 6.45) is 4.47. The molecule has 5 heteroatoms. The van der Waals surface area contributed by atoms with E-state index in [4.69, 9.17) is 0 Å². The van der Waals surface area contributed by atoms with Gasteiger partial charge in [0.25, 0.3) is 5.56 Å². The van der Waals surface area contributed by atoms with Crippen LogP contribution in [-0.4, -0.2) is 15.5 Å². The van der Waals surface area contributed by atoms with Crippen LogP contribution >= 0.6 is 0 Å². The Morgan fingerprint density at radius 1 is 1.52 bits per heavy atom. The van der Waals surface area contributed by atoms with Crippen LogP contribution in [0.3, 0.4) is 0 Å². The highest BCUT2D eigenvalue weighted by molar-refractivity contribution is 5.89. The van der Waals surface area contributed by atoms with Crippen LogP contribution in [0.5, 0.6) is 0 Å². The fourth-order valence-corrected chi connectivity index (χ4v) is 2.69. The van der Waals surface area contributed by atoms with Crippen LogP contribution < -0.4 is 5.56 Å². The average molecular weight is 287 g/mol. The second-order valence-electron chi connectivity index (χ2n) is 5.34. The number of halogens is 1. The normalized spacial score (nSPS) is 14.4. The summed E-state index contributed by atoms with van der Waals surface area (Å²) in [7, 11) is 0. The maximum absolute atomic E-state index is 14.0. The molecule has 1 N–H and O–H groups in total. The van der Waals surface area contributed by atoms with Crippen LogP contribution in [0.15, 0.2) is 23.6 Å². The first-order valence-corrected chi connectivity index (χ1v) is 6.69. The Bertz CT molecular complexity index is 847. The van der Waals surface area contributed by atoms with Crippen molar-refractivity contribution in [1.29, 1.82) is 0 Å². The van der Waals surface area contributed by atoms with E-state index in [-0.39, 0.29) is 11.5 Å². The lowest BCUT2D eigenvalue weighted by Gasteiger charge is -2.14. The quantitative estimate of drug-likeness (QED) is 0.944. The van der Waals surface area contributed by atoms with E-state index < -0.39 is 17.3 Å². The zero-order valence-corrected chi connectivity index (χ0v) is 11.5. The number of hydrogen-bond acceptors (Lipinski definition) is 2. The van der Waals surface area contributed by atoms with Crippen molar-refractivity contribution in [2.45, 2.75) is 25.7 Å². The Labute approximate surface area is 120 Å². The number of hydrogen-bond donors (Lipinski definition) is 1. The van der Waals surface area contributed by atoms with Gasteiger partial charge in [-0.1, -0.05) is 12.7 Å². The zero-order valence-electron chi connectivity index (χ0n) is 11.5. The Morgan fingerprint density at radius 2 is 2.19 bits per heavy atom. The molecule has 0 aliphatic heterocycles. The third-order valence-corrected chi connectivity index (χ3v) is 3.97. The van der Waals surface area contributed by atoms with E-state index in [1.165, 1.54) is 12.1 Å². The van der Waals surface area contributed by atoms with Crippen LogP contribution in [0, 0.1) is 12.7 Å². The molecule has 0 amide bonds. The largest absolute Gasteiger partial charge is 0.477 e. The van der Waals surface area contributed by atoms with Gasteiger partial charge in [0.1, 0.15) is 11.4 Å². The van der Waals surface area contributed by atoms with Crippen LogP contribution in [0.2, 0.25) is 0 Å². The first kappa shape index (κ1) is 13.5. The summed E-state index contributed by atoms with van der Waals surface area (Å²) in [5, 5.41) is 9.17. The minimum atomic E-state index is -1.29. The molecule has 2 aromatic heterocycles. The van der Waals surface area contributed by atoms with Crippen LogP contribution in [0.25, 0.3) is 11.6 Å². The van der Waals surface area contributed by atoms with Crippen molar-refractivity contribution in [3.05, 3.63) is 57.3 Å². The molecule has 0 unspecified atom stereocenters. The number of aromatic nitrogens is 1. The van der Waals surface area contributed by atoms with Gasteiger partial charge in [-0.2, -0.15) is 0 Å². The summed E-state index contributed by atoms with van der Waals surface area (Å²) < 4.78 is 15.1. The number of carbonyl (C=O) groups is 1. The van der Waals surface area contributed by atoms with Crippen LogP contribution in [-0.2, 0) is 0 Å². The number of nitrogens with zero attached hydrogens (tertiary/aromatic N) is 1. The number of carboxylic acids is 1. The molecule has 0 bridgehead atoms. The predicted octanol–water partition coefficient (Wildman–Crippen LogP) is 2.97. The highest BCUT2D eigenvalue weighted by Gasteiger charge is 2.29. The standard InChI is InChI=1S/C16H14FNO3/c1-3-10-8(2)13(17)7-18-14(10)11(9-4-5-9)6-12(15(18)19)16(20)21/h3,6-7,9H,1,4-5H2,2H3,(H,20,21). The summed E-state index contributed by atoms with van der Waals surface area (Å²) in [6.45, 7) is 5.32. The molecule has 2 aromatic rings. The van der Waals surface area contributed by atoms with Gasteiger partial charge in [0.2, 0.25) is 0 Å². The van der Waals surface area contributed by atoms with Crippen molar-refractivity contribution in [1.82, 2.24) is 4.40 Å². The first-order valence-electron chi connectivity index (χ1n) is 6.69. The van der Waals surface area contributed by atoms with Gasteiger partial charge in [-0.25, -0.2) is 9.18 Å². The second-order valence-corrected chi connectivity index (χ2v) is 5.34. The van der Waals surface area contributed by atoms with E-state index in [0.717, 1.165) is 29.0 Å². The van der Waals surface area contributed by atoms with E-state index in [0.29, 0.717) is 16.6 Å². The Balaban J connectivity index is 2.55. The molecule has 1 saturated carbocycles. The zero-order chi connectivity index (χ0) is 15.3. The molecule has 2 heterocycles.